The number of fused-ring (bicyclic) bond motifs is 3. The Labute approximate surface area is 123 Å². The fourth-order valence-corrected chi connectivity index (χ4v) is 2.43. The molecule has 0 bridgehead atoms. The van der Waals surface area contributed by atoms with Crippen LogP contribution in [0.25, 0.3) is 21.8 Å². The smallest absolute Gasteiger partial charge is 0.267 e. The molecular weight excluding hydrogens is 262 g/mol. The lowest BCUT2D eigenvalue weighted by Crippen LogP contribution is -2.25. The van der Waals surface area contributed by atoms with Gasteiger partial charge in [0, 0.05) is 23.5 Å². The largest absolute Gasteiger partial charge is 0.351 e. The highest BCUT2D eigenvalue weighted by atomic mass is 16.1. The van der Waals surface area contributed by atoms with Gasteiger partial charge >= 0.3 is 0 Å². The SMILES string of the molecule is CC(C)CCNC(=O)c1cc2ccc3cccnc3c2[nH]1. The molecule has 108 valence electrons. The van der Waals surface area contributed by atoms with Gasteiger partial charge in [-0.2, -0.15) is 0 Å². The number of aromatic amines is 1. The molecule has 0 radical (unpaired) electrons. The normalized spacial score (nSPS) is 11.4. The number of benzene rings is 1. The van der Waals surface area contributed by atoms with E-state index in [0.29, 0.717) is 18.2 Å². The minimum absolute atomic E-state index is 0.0593. The lowest BCUT2D eigenvalue weighted by Gasteiger charge is -2.05. The van der Waals surface area contributed by atoms with Crippen LogP contribution in [0.3, 0.4) is 0 Å². The summed E-state index contributed by atoms with van der Waals surface area (Å²) in [6.45, 7) is 4.99. The van der Waals surface area contributed by atoms with E-state index in [0.717, 1.165) is 28.2 Å². The summed E-state index contributed by atoms with van der Waals surface area (Å²) in [6, 6.07) is 9.86. The summed E-state index contributed by atoms with van der Waals surface area (Å²) in [6.07, 6.45) is 2.75. The Morgan fingerprint density at radius 1 is 1.29 bits per heavy atom. The van der Waals surface area contributed by atoms with Gasteiger partial charge in [0.05, 0.1) is 11.0 Å². The minimum atomic E-state index is -0.0593. The summed E-state index contributed by atoms with van der Waals surface area (Å²) in [5, 5.41) is 5.03. The van der Waals surface area contributed by atoms with E-state index >= 15 is 0 Å². The molecule has 0 fully saturated rings. The van der Waals surface area contributed by atoms with Crippen LogP contribution in [0, 0.1) is 5.92 Å². The van der Waals surface area contributed by atoms with Crippen LogP contribution in [0.15, 0.2) is 36.5 Å². The monoisotopic (exact) mass is 281 g/mol. The first-order valence-corrected chi connectivity index (χ1v) is 7.30. The van der Waals surface area contributed by atoms with Crippen LogP contribution in [0.5, 0.6) is 0 Å². The number of carbonyl (C=O) groups excluding carboxylic acids is 1. The maximum absolute atomic E-state index is 12.2. The number of amides is 1. The van der Waals surface area contributed by atoms with Gasteiger partial charge in [-0.05, 0) is 24.5 Å². The average Bonchev–Trinajstić information content (AvgIpc) is 2.91. The van der Waals surface area contributed by atoms with Gasteiger partial charge in [0.2, 0.25) is 0 Å². The molecule has 0 unspecified atom stereocenters. The fourth-order valence-electron chi connectivity index (χ4n) is 2.43. The highest BCUT2D eigenvalue weighted by Crippen LogP contribution is 2.23. The third-order valence-electron chi connectivity index (χ3n) is 3.62. The maximum Gasteiger partial charge on any atom is 0.267 e. The maximum atomic E-state index is 12.2. The zero-order valence-electron chi connectivity index (χ0n) is 12.3. The van der Waals surface area contributed by atoms with Crippen LogP contribution >= 0.6 is 0 Å². The van der Waals surface area contributed by atoms with Crippen LogP contribution in [-0.2, 0) is 0 Å². The van der Waals surface area contributed by atoms with Crippen molar-refractivity contribution in [2.24, 2.45) is 5.92 Å². The first kappa shape index (κ1) is 13.6. The lowest BCUT2D eigenvalue weighted by atomic mass is 10.1. The third kappa shape index (κ3) is 2.75. The van der Waals surface area contributed by atoms with Crippen molar-refractivity contribution >= 4 is 27.7 Å². The third-order valence-corrected chi connectivity index (χ3v) is 3.62. The quantitative estimate of drug-likeness (QED) is 0.769. The summed E-state index contributed by atoms with van der Waals surface area (Å²) in [4.78, 5) is 19.8. The number of pyridine rings is 1. The molecule has 21 heavy (non-hydrogen) atoms. The number of aromatic nitrogens is 2. The molecule has 0 aliphatic heterocycles. The number of hydrogen-bond acceptors (Lipinski definition) is 2. The van der Waals surface area contributed by atoms with Crippen molar-refractivity contribution in [1.82, 2.24) is 15.3 Å². The molecule has 0 saturated heterocycles. The molecule has 0 spiro atoms. The second-order valence-electron chi connectivity index (χ2n) is 5.73. The van der Waals surface area contributed by atoms with E-state index in [9.17, 15) is 4.79 Å². The molecule has 0 aliphatic carbocycles. The van der Waals surface area contributed by atoms with E-state index in [-0.39, 0.29) is 5.91 Å². The molecular formula is C17H19N3O. The number of hydrogen-bond donors (Lipinski definition) is 2. The van der Waals surface area contributed by atoms with E-state index in [1.165, 1.54) is 0 Å². The van der Waals surface area contributed by atoms with Crippen molar-refractivity contribution in [1.29, 1.82) is 0 Å². The van der Waals surface area contributed by atoms with Crippen LogP contribution in [0.1, 0.15) is 30.8 Å². The van der Waals surface area contributed by atoms with Crippen molar-refractivity contribution in [2.75, 3.05) is 6.54 Å². The zero-order valence-corrected chi connectivity index (χ0v) is 12.3. The second kappa shape index (κ2) is 5.56. The van der Waals surface area contributed by atoms with Crippen molar-refractivity contribution < 1.29 is 4.79 Å². The zero-order chi connectivity index (χ0) is 14.8. The second-order valence-corrected chi connectivity index (χ2v) is 5.73. The highest BCUT2D eigenvalue weighted by Gasteiger charge is 2.11. The summed E-state index contributed by atoms with van der Waals surface area (Å²) in [5.41, 5.74) is 2.41. The van der Waals surface area contributed by atoms with Gasteiger partial charge < -0.3 is 10.3 Å². The number of H-pyrrole nitrogens is 1. The summed E-state index contributed by atoms with van der Waals surface area (Å²) < 4.78 is 0. The molecule has 3 rings (SSSR count). The molecule has 1 aromatic carbocycles. The molecule has 4 nitrogen and oxygen atoms in total. The first-order chi connectivity index (χ1) is 10.1. The first-order valence-electron chi connectivity index (χ1n) is 7.30. The minimum Gasteiger partial charge on any atom is -0.351 e. The standard InChI is InChI=1S/C17H19N3O/c1-11(2)7-9-19-17(21)14-10-13-6-5-12-4-3-8-18-15(12)16(13)20-14/h3-6,8,10-11,20H,7,9H2,1-2H3,(H,19,21). The molecule has 1 amide bonds. The Morgan fingerprint density at radius 2 is 2.10 bits per heavy atom. The van der Waals surface area contributed by atoms with Gasteiger partial charge in [0.1, 0.15) is 5.69 Å². The van der Waals surface area contributed by atoms with Gasteiger partial charge in [-0.1, -0.05) is 32.0 Å². The van der Waals surface area contributed by atoms with Crippen LogP contribution in [0.4, 0.5) is 0 Å². The molecule has 0 atom stereocenters. The number of nitrogens with zero attached hydrogens (tertiary/aromatic N) is 1. The van der Waals surface area contributed by atoms with Crippen LogP contribution < -0.4 is 5.32 Å². The van der Waals surface area contributed by atoms with E-state index in [4.69, 9.17) is 0 Å². The van der Waals surface area contributed by atoms with Crippen LogP contribution in [0.2, 0.25) is 0 Å². The molecule has 2 N–H and O–H groups in total. The number of carbonyl (C=O) groups is 1. The van der Waals surface area contributed by atoms with Gasteiger partial charge in [0.25, 0.3) is 5.91 Å². The summed E-state index contributed by atoms with van der Waals surface area (Å²) in [7, 11) is 0. The van der Waals surface area contributed by atoms with Gasteiger partial charge in [-0.3, -0.25) is 9.78 Å². The van der Waals surface area contributed by atoms with Gasteiger partial charge in [-0.15, -0.1) is 0 Å². The molecule has 3 aromatic rings. The predicted molar refractivity (Wildman–Crippen MR) is 85.4 cm³/mol. The van der Waals surface area contributed by atoms with Crippen molar-refractivity contribution in [3.8, 4) is 0 Å². The molecule has 2 heterocycles. The lowest BCUT2D eigenvalue weighted by molar-refractivity contribution is 0.0948. The molecule has 0 saturated carbocycles. The predicted octanol–water partition coefficient (Wildman–Crippen LogP) is 3.49. The molecule has 0 aliphatic rings. The van der Waals surface area contributed by atoms with Crippen molar-refractivity contribution in [2.45, 2.75) is 20.3 Å². The number of nitrogens with one attached hydrogen (secondary N) is 2. The van der Waals surface area contributed by atoms with Crippen LogP contribution in [-0.4, -0.2) is 22.4 Å². The average molecular weight is 281 g/mol. The van der Waals surface area contributed by atoms with Gasteiger partial charge in [-0.25, -0.2) is 0 Å². The Morgan fingerprint density at radius 3 is 2.90 bits per heavy atom. The fraction of sp³-hybridized carbons (Fsp3) is 0.294. The van der Waals surface area contributed by atoms with Crippen molar-refractivity contribution in [3.05, 3.63) is 42.2 Å². The van der Waals surface area contributed by atoms with E-state index in [2.05, 4.69) is 29.1 Å². The Balaban J connectivity index is 1.90. The summed E-state index contributed by atoms with van der Waals surface area (Å²) in [5.74, 6) is 0.525. The topological polar surface area (TPSA) is 57.8 Å². The summed E-state index contributed by atoms with van der Waals surface area (Å²) >= 11 is 0. The Kier molecular flexibility index (Phi) is 3.60. The van der Waals surface area contributed by atoms with Gasteiger partial charge in [0.15, 0.2) is 0 Å². The Bertz CT molecular complexity index is 789. The number of rotatable bonds is 4. The Hall–Kier alpha value is -2.36. The van der Waals surface area contributed by atoms with E-state index < -0.39 is 0 Å². The molecule has 4 heteroatoms. The van der Waals surface area contributed by atoms with E-state index in [1.807, 2.05) is 30.3 Å². The van der Waals surface area contributed by atoms with Crippen molar-refractivity contribution in [3.63, 3.8) is 0 Å². The highest BCUT2D eigenvalue weighted by molar-refractivity contribution is 6.07. The molecule has 2 aromatic heterocycles. The van der Waals surface area contributed by atoms with E-state index in [1.54, 1.807) is 6.20 Å².